The molecule has 0 bridgehead atoms. The average molecular weight is 520 g/mol. The molecule has 1 unspecified atom stereocenters. The number of carbonyl (C=O) groups is 1. The number of aryl methyl sites for hydroxylation is 1. The number of alkyl halides is 2. The molecule has 0 spiro atoms. The highest BCUT2D eigenvalue weighted by Crippen LogP contribution is 2.37. The van der Waals surface area contributed by atoms with E-state index in [9.17, 15) is 23.1 Å². The second-order valence-electron chi connectivity index (χ2n) is 8.30. The Kier molecular flexibility index (Phi) is 9.12. The SMILES string of the molecule is COc1cc(C(=O)CCC(O)(c2ccc(OC)c(-c3ccc(F)c(C)c3)n2)C(F)F)ccc1OCCO. The molecule has 0 aliphatic carbocycles. The van der Waals surface area contributed by atoms with Crippen LogP contribution in [0.25, 0.3) is 11.3 Å². The summed E-state index contributed by atoms with van der Waals surface area (Å²) in [4.78, 5) is 17.1. The number of aromatic nitrogens is 1. The number of hydrogen-bond donors (Lipinski definition) is 2. The molecule has 3 rings (SSSR count). The van der Waals surface area contributed by atoms with Gasteiger partial charge in [0, 0.05) is 17.5 Å². The number of ether oxygens (including phenoxy) is 3. The van der Waals surface area contributed by atoms with Crippen molar-refractivity contribution in [3.63, 3.8) is 0 Å². The van der Waals surface area contributed by atoms with Gasteiger partial charge in [0.1, 0.15) is 23.9 Å². The molecule has 1 heterocycles. The van der Waals surface area contributed by atoms with Gasteiger partial charge in [-0.1, -0.05) is 0 Å². The largest absolute Gasteiger partial charge is 0.494 e. The van der Waals surface area contributed by atoms with Gasteiger partial charge in [-0.15, -0.1) is 0 Å². The fourth-order valence-electron chi connectivity index (χ4n) is 3.76. The van der Waals surface area contributed by atoms with Crippen molar-refractivity contribution < 1.29 is 42.4 Å². The number of pyridine rings is 1. The van der Waals surface area contributed by atoms with Crippen molar-refractivity contribution >= 4 is 5.78 Å². The van der Waals surface area contributed by atoms with E-state index >= 15 is 0 Å². The number of carbonyl (C=O) groups excluding carboxylic acids is 1. The lowest BCUT2D eigenvalue weighted by atomic mass is 9.90. The molecule has 0 amide bonds. The fourth-order valence-corrected chi connectivity index (χ4v) is 3.76. The summed E-state index contributed by atoms with van der Waals surface area (Å²) in [6.07, 6.45) is -4.29. The van der Waals surface area contributed by atoms with Crippen molar-refractivity contribution in [1.29, 1.82) is 0 Å². The molecular weight excluding hydrogens is 491 g/mol. The van der Waals surface area contributed by atoms with Gasteiger partial charge < -0.3 is 24.4 Å². The second-order valence-corrected chi connectivity index (χ2v) is 8.30. The summed E-state index contributed by atoms with van der Waals surface area (Å²) in [5.41, 5.74) is -2.02. The standard InChI is InChI=1S/C27H28F3NO6/c1-16-14-18(4-6-19(16)28)25-22(35-2)8-9-24(31-25)27(34,26(29)30)11-10-20(33)17-5-7-21(37-13-12-32)23(15-17)36-3/h4-9,14-15,26,32,34H,10-13H2,1-3H3. The minimum absolute atomic E-state index is 0.0272. The molecule has 0 fully saturated rings. The van der Waals surface area contributed by atoms with Gasteiger partial charge >= 0.3 is 0 Å². The maximum atomic E-state index is 14.2. The van der Waals surface area contributed by atoms with Crippen LogP contribution in [0.1, 0.15) is 34.5 Å². The molecule has 10 heteroatoms. The Balaban J connectivity index is 1.89. The predicted octanol–water partition coefficient (Wildman–Crippen LogP) is 4.70. The molecule has 0 saturated carbocycles. The summed E-state index contributed by atoms with van der Waals surface area (Å²) >= 11 is 0. The van der Waals surface area contributed by atoms with Crippen molar-refractivity contribution in [3.8, 4) is 28.5 Å². The monoisotopic (exact) mass is 519 g/mol. The number of ketones is 1. The van der Waals surface area contributed by atoms with Crippen LogP contribution in [0.4, 0.5) is 13.2 Å². The summed E-state index contributed by atoms with van der Waals surface area (Å²) in [6.45, 7) is 1.37. The smallest absolute Gasteiger partial charge is 0.272 e. The number of aliphatic hydroxyl groups excluding tert-OH is 1. The molecule has 2 N–H and O–H groups in total. The number of aliphatic hydroxyl groups is 2. The number of hydrogen-bond acceptors (Lipinski definition) is 7. The minimum atomic E-state index is -3.26. The number of methoxy groups -OCH3 is 2. The summed E-state index contributed by atoms with van der Waals surface area (Å²) in [7, 11) is 2.75. The zero-order valence-electron chi connectivity index (χ0n) is 20.6. The van der Waals surface area contributed by atoms with E-state index in [2.05, 4.69) is 4.98 Å². The molecule has 198 valence electrons. The molecule has 1 aromatic heterocycles. The third-order valence-electron chi connectivity index (χ3n) is 5.88. The molecular formula is C27H28F3NO6. The van der Waals surface area contributed by atoms with Crippen molar-refractivity contribution in [3.05, 3.63) is 71.2 Å². The number of rotatable bonds is 12. The zero-order chi connectivity index (χ0) is 27.2. The van der Waals surface area contributed by atoms with Gasteiger partial charge in [0.25, 0.3) is 6.43 Å². The van der Waals surface area contributed by atoms with Crippen LogP contribution in [-0.4, -0.2) is 54.8 Å². The van der Waals surface area contributed by atoms with E-state index in [1.165, 1.54) is 62.8 Å². The van der Waals surface area contributed by atoms with Crippen LogP contribution in [0, 0.1) is 12.7 Å². The first kappa shape index (κ1) is 27.9. The van der Waals surface area contributed by atoms with E-state index in [1.807, 2.05) is 0 Å². The Morgan fingerprint density at radius 3 is 2.35 bits per heavy atom. The lowest BCUT2D eigenvalue weighted by Gasteiger charge is -2.27. The minimum Gasteiger partial charge on any atom is -0.494 e. The van der Waals surface area contributed by atoms with Gasteiger partial charge in [0.15, 0.2) is 22.9 Å². The normalized spacial score (nSPS) is 12.8. The van der Waals surface area contributed by atoms with Crippen LogP contribution in [0.15, 0.2) is 48.5 Å². The predicted molar refractivity (Wildman–Crippen MR) is 130 cm³/mol. The van der Waals surface area contributed by atoms with E-state index in [1.54, 1.807) is 6.92 Å². The van der Waals surface area contributed by atoms with E-state index in [4.69, 9.17) is 19.3 Å². The van der Waals surface area contributed by atoms with Crippen LogP contribution in [0.2, 0.25) is 0 Å². The Morgan fingerprint density at radius 1 is 1.03 bits per heavy atom. The molecule has 0 saturated heterocycles. The topological polar surface area (TPSA) is 98.1 Å². The van der Waals surface area contributed by atoms with E-state index in [-0.39, 0.29) is 41.7 Å². The van der Waals surface area contributed by atoms with Crippen LogP contribution in [0.3, 0.4) is 0 Å². The molecule has 2 aromatic carbocycles. The molecule has 3 aromatic rings. The Labute approximate surface area is 212 Å². The van der Waals surface area contributed by atoms with Crippen LogP contribution < -0.4 is 14.2 Å². The first-order valence-corrected chi connectivity index (χ1v) is 11.4. The molecule has 0 aliphatic heterocycles. The number of Topliss-reactive ketones (excluding diaryl/α,β-unsaturated/α-hetero) is 1. The molecule has 0 aliphatic rings. The number of halogens is 3. The maximum absolute atomic E-state index is 14.2. The highest BCUT2D eigenvalue weighted by molar-refractivity contribution is 5.96. The molecule has 0 radical (unpaired) electrons. The van der Waals surface area contributed by atoms with Gasteiger partial charge in [0.2, 0.25) is 0 Å². The molecule has 37 heavy (non-hydrogen) atoms. The highest BCUT2D eigenvalue weighted by atomic mass is 19.3. The fraction of sp³-hybridized carbons (Fsp3) is 0.333. The van der Waals surface area contributed by atoms with Gasteiger partial charge in [-0.2, -0.15) is 0 Å². The van der Waals surface area contributed by atoms with E-state index < -0.39 is 36.5 Å². The Hall–Kier alpha value is -3.63. The third-order valence-corrected chi connectivity index (χ3v) is 5.88. The summed E-state index contributed by atoms with van der Waals surface area (Å²) in [6, 6.07) is 11.1. The van der Waals surface area contributed by atoms with Crippen molar-refractivity contribution in [2.45, 2.75) is 31.8 Å². The number of nitrogens with zero attached hydrogens (tertiary/aromatic N) is 1. The summed E-state index contributed by atoms with van der Waals surface area (Å²) in [5, 5.41) is 19.9. The van der Waals surface area contributed by atoms with Crippen LogP contribution in [0.5, 0.6) is 17.2 Å². The van der Waals surface area contributed by atoms with Crippen LogP contribution >= 0.6 is 0 Å². The van der Waals surface area contributed by atoms with Gasteiger partial charge in [-0.25, -0.2) is 18.2 Å². The second kappa shape index (κ2) is 12.1. The zero-order valence-corrected chi connectivity index (χ0v) is 20.6. The van der Waals surface area contributed by atoms with Crippen LogP contribution in [-0.2, 0) is 5.60 Å². The van der Waals surface area contributed by atoms with Crippen molar-refractivity contribution in [2.24, 2.45) is 0 Å². The van der Waals surface area contributed by atoms with Gasteiger partial charge in [-0.05, 0) is 67.4 Å². The van der Waals surface area contributed by atoms with Gasteiger partial charge in [-0.3, -0.25) is 4.79 Å². The highest BCUT2D eigenvalue weighted by Gasteiger charge is 2.42. The van der Waals surface area contributed by atoms with Gasteiger partial charge in [0.05, 0.1) is 26.5 Å². The third kappa shape index (κ3) is 6.20. The molecule has 1 atom stereocenters. The summed E-state index contributed by atoms with van der Waals surface area (Å²) in [5.74, 6) is -0.152. The first-order valence-electron chi connectivity index (χ1n) is 11.4. The maximum Gasteiger partial charge on any atom is 0.272 e. The Morgan fingerprint density at radius 2 is 1.73 bits per heavy atom. The lowest BCUT2D eigenvalue weighted by molar-refractivity contribution is -0.109. The van der Waals surface area contributed by atoms with E-state index in [0.717, 1.165) is 0 Å². The Bertz CT molecular complexity index is 1250. The average Bonchev–Trinajstić information content (AvgIpc) is 2.91. The first-order chi connectivity index (χ1) is 17.6. The lowest BCUT2D eigenvalue weighted by Crippen LogP contribution is -2.36. The van der Waals surface area contributed by atoms with Crippen molar-refractivity contribution in [2.75, 3.05) is 27.4 Å². The summed E-state index contributed by atoms with van der Waals surface area (Å²) < 4.78 is 58.0. The van der Waals surface area contributed by atoms with Crippen molar-refractivity contribution in [1.82, 2.24) is 4.98 Å². The van der Waals surface area contributed by atoms with E-state index in [0.29, 0.717) is 16.9 Å². The quantitative estimate of drug-likeness (QED) is 0.335. The number of benzene rings is 2. The molecule has 7 nitrogen and oxygen atoms in total.